The van der Waals surface area contributed by atoms with E-state index in [1.807, 2.05) is 18.2 Å². The van der Waals surface area contributed by atoms with Crippen molar-refractivity contribution in [2.24, 2.45) is 5.73 Å². The minimum atomic E-state index is -0.620. The molecule has 0 saturated carbocycles. The first-order chi connectivity index (χ1) is 8.66. The van der Waals surface area contributed by atoms with Gasteiger partial charge in [0.1, 0.15) is 5.69 Å². The highest BCUT2D eigenvalue weighted by Crippen LogP contribution is 2.08. The summed E-state index contributed by atoms with van der Waals surface area (Å²) in [5.74, 6) is -0.908. The number of amides is 2. The molecule has 0 aliphatic rings. The Bertz CT molecular complexity index is 565. The van der Waals surface area contributed by atoms with Gasteiger partial charge in [0.25, 0.3) is 11.8 Å². The first-order valence-corrected chi connectivity index (χ1v) is 5.29. The molecule has 1 aromatic carbocycles. The standard InChI is InChI=1S/C13H11N3O2/c14-12(17)11-7-6-9(8-15-11)13(18)16-10-4-2-1-3-5-10/h1-8H,(H2,14,17)(H,16,18). The third-order valence-corrected chi connectivity index (χ3v) is 2.31. The van der Waals surface area contributed by atoms with Crippen LogP contribution in [0.4, 0.5) is 5.69 Å². The Morgan fingerprint density at radius 2 is 1.78 bits per heavy atom. The minimum absolute atomic E-state index is 0.131. The van der Waals surface area contributed by atoms with Crippen LogP contribution < -0.4 is 11.1 Å². The Balaban J connectivity index is 2.12. The van der Waals surface area contributed by atoms with Gasteiger partial charge < -0.3 is 11.1 Å². The molecule has 2 aromatic rings. The number of primary amides is 1. The second kappa shape index (κ2) is 5.09. The van der Waals surface area contributed by atoms with Gasteiger partial charge in [-0.05, 0) is 24.3 Å². The number of hydrogen-bond donors (Lipinski definition) is 2. The fraction of sp³-hybridized carbons (Fsp3) is 0. The molecule has 18 heavy (non-hydrogen) atoms. The first kappa shape index (κ1) is 11.8. The Morgan fingerprint density at radius 3 is 2.33 bits per heavy atom. The number of anilines is 1. The van der Waals surface area contributed by atoms with Crippen LogP contribution in [-0.4, -0.2) is 16.8 Å². The van der Waals surface area contributed by atoms with E-state index in [0.29, 0.717) is 11.3 Å². The lowest BCUT2D eigenvalue weighted by Crippen LogP contribution is -2.15. The van der Waals surface area contributed by atoms with Gasteiger partial charge in [0.15, 0.2) is 0 Å². The van der Waals surface area contributed by atoms with Crippen LogP contribution in [0.5, 0.6) is 0 Å². The molecule has 0 atom stereocenters. The number of rotatable bonds is 3. The zero-order valence-electron chi connectivity index (χ0n) is 9.46. The lowest BCUT2D eigenvalue weighted by atomic mass is 10.2. The topological polar surface area (TPSA) is 85.1 Å². The summed E-state index contributed by atoms with van der Waals surface area (Å²) >= 11 is 0. The third kappa shape index (κ3) is 2.70. The van der Waals surface area contributed by atoms with Gasteiger partial charge in [-0.1, -0.05) is 18.2 Å². The molecule has 0 fully saturated rings. The quantitative estimate of drug-likeness (QED) is 0.852. The van der Waals surface area contributed by atoms with Crippen LogP contribution >= 0.6 is 0 Å². The number of carbonyl (C=O) groups excluding carboxylic acids is 2. The summed E-state index contributed by atoms with van der Waals surface area (Å²) in [4.78, 5) is 26.5. The number of nitrogens with one attached hydrogen (secondary N) is 1. The summed E-state index contributed by atoms with van der Waals surface area (Å²) in [6.45, 7) is 0. The van der Waals surface area contributed by atoms with Gasteiger partial charge >= 0.3 is 0 Å². The smallest absolute Gasteiger partial charge is 0.267 e. The van der Waals surface area contributed by atoms with Crippen molar-refractivity contribution in [2.75, 3.05) is 5.32 Å². The van der Waals surface area contributed by atoms with Crippen LogP contribution in [0.25, 0.3) is 0 Å². The van der Waals surface area contributed by atoms with Crippen LogP contribution in [0.1, 0.15) is 20.8 Å². The Hall–Kier alpha value is -2.69. The highest BCUT2D eigenvalue weighted by Gasteiger charge is 2.08. The number of carbonyl (C=O) groups is 2. The maximum atomic E-state index is 11.8. The second-order valence-electron chi connectivity index (χ2n) is 3.62. The van der Waals surface area contributed by atoms with Crippen LogP contribution in [-0.2, 0) is 0 Å². The molecule has 2 amide bonds. The fourth-order valence-corrected chi connectivity index (χ4v) is 1.40. The number of para-hydroxylation sites is 1. The van der Waals surface area contributed by atoms with Crippen molar-refractivity contribution in [3.63, 3.8) is 0 Å². The van der Waals surface area contributed by atoms with Crippen molar-refractivity contribution in [1.82, 2.24) is 4.98 Å². The molecule has 3 N–H and O–H groups in total. The van der Waals surface area contributed by atoms with Gasteiger partial charge in [-0.25, -0.2) is 0 Å². The summed E-state index contributed by atoms with van der Waals surface area (Å²) in [5, 5.41) is 2.71. The van der Waals surface area contributed by atoms with Gasteiger partial charge in [0, 0.05) is 11.9 Å². The monoisotopic (exact) mass is 241 g/mol. The predicted octanol–water partition coefficient (Wildman–Crippen LogP) is 1.43. The van der Waals surface area contributed by atoms with E-state index >= 15 is 0 Å². The molecule has 0 saturated heterocycles. The number of nitrogens with zero attached hydrogens (tertiary/aromatic N) is 1. The highest BCUT2D eigenvalue weighted by atomic mass is 16.2. The van der Waals surface area contributed by atoms with Crippen molar-refractivity contribution >= 4 is 17.5 Å². The zero-order valence-corrected chi connectivity index (χ0v) is 9.46. The molecule has 1 aromatic heterocycles. The molecule has 0 bridgehead atoms. The molecule has 0 spiro atoms. The van der Waals surface area contributed by atoms with E-state index in [4.69, 9.17) is 5.73 Å². The molecule has 0 aliphatic carbocycles. The first-order valence-electron chi connectivity index (χ1n) is 5.29. The normalized spacial score (nSPS) is 9.78. The fourth-order valence-electron chi connectivity index (χ4n) is 1.40. The predicted molar refractivity (Wildman–Crippen MR) is 67.2 cm³/mol. The number of benzene rings is 1. The second-order valence-corrected chi connectivity index (χ2v) is 3.62. The van der Waals surface area contributed by atoms with E-state index in [-0.39, 0.29) is 11.6 Å². The molecule has 5 nitrogen and oxygen atoms in total. The van der Waals surface area contributed by atoms with Gasteiger partial charge in [-0.3, -0.25) is 14.6 Å². The van der Waals surface area contributed by atoms with E-state index in [1.54, 1.807) is 12.1 Å². The molecule has 5 heteroatoms. The molecular weight excluding hydrogens is 230 g/mol. The third-order valence-electron chi connectivity index (χ3n) is 2.31. The summed E-state index contributed by atoms with van der Waals surface area (Å²) in [6, 6.07) is 12.0. The Labute approximate surface area is 104 Å². The highest BCUT2D eigenvalue weighted by molar-refractivity contribution is 6.04. The van der Waals surface area contributed by atoms with Crippen LogP contribution in [0.3, 0.4) is 0 Å². The van der Waals surface area contributed by atoms with E-state index in [0.717, 1.165) is 0 Å². The maximum absolute atomic E-state index is 11.8. The maximum Gasteiger partial charge on any atom is 0.267 e. The number of hydrogen-bond acceptors (Lipinski definition) is 3. The summed E-state index contributed by atoms with van der Waals surface area (Å²) in [7, 11) is 0. The summed E-state index contributed by atoms with van der Waals surface area (Å²) in [6.07, 6.45) is 1.32. The zero-order chi connectivity index (χ0) is 13.0. The minimum Gasteiger partial charge on any atom is -0.364 e. The average Bonchev–Trinajstić information content (AvgIpc) is 2.40. The van der Waals surface area contributed by atoms with Crippen LogP contribution in [0, 0.1) is 0 Å². The van der Waals surface area contributed by atoms with Gasteiger partial charge in [-0.2, -0.15) is 0 Å². The molecule has 2 rings (SSSR count). The van der Waals surface area contributed by atoms with E-state index in [9.17, 15) is 9.59 Å². The van der Waals surface area contributed by atoms with Crippen molar-refractivity contribution < 1.29 is 9.59 Å². The van der Waals surface area contributed by atoms with Crippen molar-refractivity contribution in [1.29, 1.82) is 0 Å². The van der Waals surface area contributed by atoms with Crippen molar-refractivity contribution in [3.05, 3.63) is 59.9 Å². The van der Waals surface area contributed by atoms with Gasteiger partial charge in [-0.15, -0.1) is 0 Å². The molecule has 1 heterocycles. The molecular formula is C13H11N3O2. The number of pyridine rings is 1. The van der Waals surface area contributed by atoms with Gasteiger partial charge in [0.05, 0.1) is 5.56 Å². The van der Waals surface area contributed by atoms with Crippen molar-refractivity contribution in [3.8, 4) is 0 Å². The Morgan fingerprint density at radius 1 is 1.06 bits per heavy atom. The van der Waals surface area contributed by atoms with E-state index in [1.165, 1.54) is 18.3 Å². The summed E-state index contributed by atoms with van der Waals surface area (Å²) < 4.78 is 0. The number of nitrogens with two attached hydrogens (primary N) is 1. The van der Waals surface area contributed by atoms with Crippen molar-refractivity contribution in [2.45, 2.75) is 0 Å². The van der Waals surface area contributed by atoms with Crippen LogP contribution in [0.15, 0.2) is 48.7 Å². The van der Waals surface area contributed by atoms with E-state index < -0.39 is 5.91 Å². The average molecular weight is 241 g/mol. The Kier molecular flexibility index (Phi) is 3.33. The lowest BCUT2D eigenvalue weighted by Gasteiger charge is -2.04. The molecule has 0 radical (unpaired) electrons. The van der Waals surface area contributed by atoms with Crippen LogP contribution in [0.2, 0.25) is 0 Å². The van der Waals surface area contributed by atoms with Gasteiger partial charge in [0.2, 0.25) is 0 Å². The largest absolute Gasteiger partial charge is 0.364 e. The number of aromatic nitrogens is 1. The summed E-state index contributed by atoms with van der Waals surface area (Å²) in [5.41, 5.74) is 6.25. The molecule has 90 valence electrons. The SMILES string of the molecule is NC(=O)c1ccc(C(=O)Nc2ccccc2)cn1. The molecule has 0 unspecified atom stereocenters. The van der Waals surface area contributed by atoms with E-state index in [2.05, 4.69) is 10.3 Å². The lowest BCUT2D eigenvalue weighted by molar-refractivity contribution is 0.0990. The molecule has 0 aliphatic heterocycles.